The van der Waals surface area contributed by atoms with Crippen LogP contribution in [0, 0.1) is 22.9 Å². The first-order valence-corrected chi connectivity index (χ1v) is 11.8. The zero-order valence-corrected chi connectivity index (χ0v) is 21.1. The molecule has 11 nitrogen and oxygen atoms in total. The molecule has 1 aromatic heterocycles. The number of urea groups is 1. The normalized spacial score (nSPS) is 16.8. The van der Waals surface area contributed by atoms with Crippen LogP contribution in [0.2, 0.25) is 5.02 Å². The number of ether oxygens (including phenoxy) is 1. The van der Waals surface area contributed by atoms with E-state index < -0.39 is 40.4 Å². The lowest BCUT2D eigenvalue weighted by atomic mass is 10.1. The molecule has 2 N–H and O–H groups in total. The number of amides is 3. The summed E-state index contributed by atoms with van der Waals surface area (Å²) in [4.78, 5) is 50.3. The number of aryl methyl sites for hydroxylation is 1. The predicted octanol–water partition coefficient (Wildman–Crippen LogP) is 4.11. The van der Waals surface area contributed by atoms with Crippen LogP contribution in [-0.2, 0) is 9.53 Å². The number of halogens is 2. The maximum atomic E-state index is 15.0. The summed E-state index contributed by atoms with van der Waals surface area (Å²) < 4.78 is 21.3. The van der Waals surface area contributed by atoms with Crippen LogP contribution in [0.15, 0.2) is 59.5 Å². The summed E-state index contributed by atoms with van der Waals surface area (Å²) in [7, 11) is 1.47. The number of methoxy groups -OCH3 is 1. The van der Waals surface area contributed by atoms with Crippen LogP contribution in [0.3, 0.4) is 0 Å². The van der Waals surface area contributed by atoms with E-state index in [1.807, 2.05) is 0 Å². The molecule has 0 saturated carbocycles. The molecule has 3 amide bonds. The number of hydrogen-bond donors (Lipinski definition) is 2. The van der Waals surface area contributed by atoms with Crippen LogP contribution in [-0.4, -0.2) is 52.1 Å². The minimum atomic E-state index is -0.951. The zero-order chi connectivity index (χ0) is 27.6. The quantitative estimate of drug-likeness (QED) is 0.355. The van der Waals surface area contributed by atoms with Gasteiger partial charge < -0.3 is 20.3 Å². The number of nitrogens with zero attached hydrogens (tertiary/aromatic N) is 3. The molecule has 1 saturated heterocycles. The molecule has 2 heterocycles. The summed E-state index contributed by atoms with van der Waals surface area (Å²) >= 11 is 5.88. The van der Waals surface area contributed by atoms with Crippen molar-refractivity contribution in [3.8, 4) is 5.69 Å². The Morgan fingerprint density at radius 2 is 1.87 bits per heavy atom. The number of hydrogen-bond acceptors (Lipinski definition) is 6. The average Bonchev–Trinajstić information content (AvgIpc) is 3.33. The Morgan fingerprint density at radius 3 is 2.50 bits per heavy atom. The number of carbonyl (C=O) groups excluding carboxylic acids is 2. The van der Waals surface area contributed by atoms with Crippen molar-refractivity contribution in [3.63, 3.8) is 0 Å². The molecule has 1 fully saturated rings. The van der Waals surface area contributed by atoms with E-state index in [9.17, 15) is 24.5 Å². The fourth-order valence-corrected chi connectivity index (χ4v) is 4.26. The van der Waals surface area contributed by atoms with E-state index in [4.69, 9.17) is 16.3 Å². The lowest BCUT2D eigenvalue weighted by Gasteiger charge is -2.24. The fourth-order valence-electron chi connectivity index (χ4n) is 4.13. The van der Waals surface area contributed by atoms with E-state index in [-0.39, 0.29) is 35.6 Å². The number of pyridine rings is 1. The largest absolute Gasteiger partial charge is 0.380 e. The standard InChI is InChI=1S/C25H23ClFN5O6/c1-14-9-18(32(36)37)12-30(24(14)34)17-7-8-21(20(27)10-17)29-23(33)22-11-19(38-2)13-31(22)25(35)28-16-5-3-15(26)4-6-16/h3-10,12,19,22H,11,13H2,1-2H3,(H,28,35)(H,29,33)/t19-,22-/m1/s1. The SMILES string of the molecule is CO[C@@H]1C[C@H](C(=O)Nc2ccc(-n3cc([N+](=O)[O-])cc(C)c3=O)cc2F)N(C(=O)Nc2ccc(Cl)cc2)C1. The molecule has 0 radical (unpaired) electrons. The molecular weight excluding hydrogens is 521 g/mol. The lowest BCUT2D eigenvalue weighted by molar-refractivity contribution is -0.385. The smallest absolute Gasteiger partial charge is 0.322 e. The number of aromatic nitrogens is 1. The maximum absolute atomic E-state index is 15.0. The topological polar surface area (TPSA) is 136 Å². The van der Waals surface area contributed by atoms with Gasteiger partial charge in [0.1, 0.15) is 11.9 Å². The van der Waals surface area contributed by atoms with Crippen LogP contribution >= 0.6 is 11.6 Å². The van der Waals surface area contributed by atoms with Gasteiger partial charge in [0.2, 0.25) is 5.91 Å². The molecule has 1 aliphatic rings. The number of benzene rings is 2. The Balaban J connectivity index is 1.54. The highest BCUT2D eigenvalue weighted by Gasteiger charge is 2.40. The van der Waals surface area contributed by atoms with Crippen molar-refractivity contribution in [2.45, 2.75) is 25.5 Å². The summed E-state index contributed by atoms with van der Waals surface area (Å²) in [6.07, 6.45) is 0.791. The first-order chi connectivity index (χ1) is 18.1. The summed E-state index contributed by atoms with van der Waals surface area (Å²) in [6.45, 7) is 1.56. The maximum Gasteiger partial charge on any atom is 0.322 e. The van der Waals surface area contributed by atoms with Crippen LogP contribution in [0.4, 0.5) is 26.2 Å². The van der Waals surface area contributed by atoms with Gasteiger partial charge in [-0.2, -0.15) is 0 Å². The highest BCUT2D eigenvalue weighted by Crippen LogP contribution is 2.25. The number of nitrogens with one attached hydrogen (secondary N) is 2. The van der Waals surface area contributed by atoms with Crippen molar-refractivity contribution in [3.05, 3.63) is 91.6 Å². The van der Waals surface area contributed by atoms with Gasteiger partial charge in [0.25, 0.3) is 11.2 Å². The molecule has 2 aromatic carbocycles. The van der Waals surface area contributed by atoms with Gasteiger partial charge in [-0.3, -0.25) is 24.3 Å². The molecule has 0 unspecified atom stereocenters. The van der Waals surface area contributed by atoms with Gasteiger partial charge in [-0.25, -0.2) is 9.18 Å². The van der Waals surface area contributed by atoms with Gasteiger partial charge in [-0.1, -0.05) is 11.6 Å². The van der Waals surface area contributed by atoms with Crippen molar-refractivity contribution in [1.29, 1.82) is 0 Å². The van der Waals surface area contributed by atoms with Gasteiger partial charge >= 0.3 is 6.03 Å². The zero-order valence-electron chi connectivity index (χ0n) is 20.3. The third kappa shape index (κ3) is 5.66. The molecule has 0 bridgehead atoms. The van der Waals surface area contributed by atoms with Crippen LogP contribution in [0.25, 0.3) is 5.69 Å². The van der Waals surface area contributed by atoms with E-state index in [0.29, 0.717) is 10.7 Å². The first-order valence-electron chi connectivity index (χ1n) is 11.4. The molecule has 38 heavy (non-hydrogen) atoms. The van der Waals surface area contributed by atoms with Crippen molar-refractivity contribution < 1.29 is 23.6 Å². The molecule has 2 atom stereocenters. The Labute approximate surface area is 220 Å². The third-order valence-electron chi connectivity index (χ3n) is 6.14. The molecule has 0 spiro atoms. The van der Waals surface area contributed by atoms with Gasteiger partial charge in [-0.15, -0.1) is 0 Å². The van der Waals surface area contributed by atoms with Crippen molar-refractivity contribution in [1.82, 2.24) is 9.47 Å². The van der Waals surface area contributed by atoms with Crippen molar-refractivity contribution >= 4 is 40.6 Å². The Hall–Kier alpha value is -4.29. The van der Waals surface area contributed by atoms with Gasteiger partial charge in [0, 0.05) is 48.5 Å². The van der Waals surface area contributed by atoms with E-state index in [1.54, 1.807) is 24.3 Å². The molecule has 1 aliphatic heterocycles. The molecular formula is C25H23ClFN5O6. The van der Waals surface area contributed by atoms with Crippen LogP contribution in [0.5, 0.6) is 0 Å². The van der Waals surface area contributed by atoms with Crippen molar-refractivity contribution in [2.24, 2.45) is 0 Å². The first kappa shape index (κ1) is 26.8. The molecule has 13 heteroatoms. The molecule has 4 rings (SSSR count). The highest BCUT2D eigenvalue weighted by atomic mass is 35.5. The lowest BCUT2D eigenvalue weighted by Crippen LogP contribution is -2.45. The van der Waals surface area contributed by atoms with Crippen molar-refractivity contribution in [2.75, 3.05) is 24.3 Å². The second kappa shape index (κ2) is 11.0. The minimum absolute atomic E-state index is 0.0431. The second-order valence-corrected chi connectivity index (χ2v) is 9.10. The average molecular weight is 544 g/mol. The summed E-state index contributed by atoms with van der Waals surface area (Å²) in [6, 6.07) is 9.67. The Bertz CT molecular complexity index is 1460. The Morgan fingerprint density at radius 1 is 1.16 bits per heavy atom. The van der Waals surface area contributed by atoms with Gasteiger partial charge in [0.15, 0.2) is 0 Å². The monoisotopic (exact) mass is 543 g/mol. The number of anilines is 2. The third-order valence-corrected chi connectivity index (χ3v) is 6.39. The minimum Gasteiger partial charge on any atom is -0.380 e. The summed E-state index contributed by atoms with van der Waals surface area (Å²) in [5, 5.41) is 16.9. The van der Waals surface area contributed by atoms with Crippen LogP contribution < -0.4 is 16.2 Å². The number of carbonyl (C=O) groups is 2. The number of nitro groups is 1. The van der Waals surface area contributed by atoms with Gasteiger partial charge in [0.05, 0.1) is 28.6 Å². The fraction of sp³-hybridized carbons (Fsp3) is 0.240. The molecule has 0 aliphatic carbocycles. The van der Waals surface area contributed by atoms with Crippen LogP contribution in [0.1, 0.15) is 12.0 Å². The number of likely N-dealkylation sites (tertiary alicyclic amines) is 1. The number of rotatable bonds is 6. The second-order valence-electron chi connectivity index (χ2n) is 8.67. The summed E-state index contributed by atoms with van der Waals surface area (Å²) in [5.41, 5.74) is -0.429. The van der Waals surface area contributed by atoms with E-state index in [2.05, 4.69) is 10.6 Å². The van der Waals surface area contributed by atoms with E-state index in [1.165, 1.54) is 31.1 Å². The Kier molecular flexibility index (Phi) is 7.74. The summed E-state index contributed by atoms with van der Waals surface area (Å²) in [5.74, 6) is -1.50. The molecule has 198 valence electrons. The van der Waals surface area contributed by atoms with E-state index in [0.717, 1.165) is 22.9 Å². The van der Waals surface area contributed by atoms with Gasteiger partial charge in [-0.05, 0) is 43.3 Å². The highest BCUT2D eigenvalue weighted by molar-refractivity contribution is 6.30. The predicted molar refractivity (Wildman–Crippen MR) is 138 cm³/mol. The molecule has 3 aromatic rings. The van der Waals surface area contributed by atoms with E-state index >= 15 is 4.39 Å².